The Morgan fingerprint density at radius 1 is 1.39 bits per heavy atom. The Labute approximate surface area is 132 Å². The van der Waals surface area contributed by atoms with Gasteiger partial charge in [0, 0.05) is 11.3 Å². The van der Waals surface area contributed by atoms with Crippen molar-refractivity contribution < 1.29 is 26.7 Å². The third-order valence-electron chi connectivity index (χ3n) is 3.11. The van der Waals surface area contributed by atoms with Gasteiger partial charge < -0.3 is 9.84 Å². The first-order valence-corrected chi connectivity index (χ1v) is 7.97. The minimum absolute atomic E-state index is 0.0171. The van der Waals surface area contributed by atoms with Crippen LogP contribution in [0, 0.1) is 0 Å². The predicted molar refractivity (Wildman–Crippen MR) is 76.0 cm³/mol. The maximum absolute atomic E-state index is 12.5. The number of carbonyl (C=O) groups excluding carboxylic acids is 1. The molecule has 0 saturated carbocycles. The smallest absolute Gasteiger partial charge is 0.349 e. The van der Waals surface area contributed by atoms with Crippen LogP contribution in [0.1, 0.15) is 38.4 Å². The number of aromatic nitrogens is 2. The fourth-order valence-electron chi connectivity index (χ4n) is 1.92. The van der Waals surface area contributed by atoms with E-state index in [0.717, 1.165) is 0 Å². The number of nitrogens with one attached hydrogen (secondary N) is 1. The number of hydrogen-bond acceptors (Lipinski definition) is 5. The lowest BCUT2D eigenvalue weighted by atomic mass is 10.2. The van der Waals surface area contributed by atoms with Crippen LogP contribution in [0.5, 0.6) is 0 Å². The lowest BCUT2D eigenvalue weighted by Gasteiger charge is -2.17. The van der Waals surface area contributed by atoms with Gasteiger partial charge in [-0.05, 0) is 18.6 Å². The van der Waals surface area contributed by atoms with E-state index in [-0.39, 0.29) is 23.1 Å². The zero-order valence-electron chi connectivity index (χ0n) is 12.3. The van der Waals surface area contributed by atoms with E-state index in [1.165, 1.54) is 12.2 Å². The van der Waals surface area contributed by atoms with Crippen molar-refractivity contribution >= 4 is 21.6 Å². The maximum Gasteiger partial charge on any atom is 0.471 e. The van der Waals surface area contributed by atoms with E-state index < -0.39 is 28.9 Å². The molecule has 0 aliphatic carbocycles. The van der Waals surface area contributed by atoms with E-state index in [1.807, 2.05) is 0 Å². The summed E-state index contributed by atoms with van der Waals surface area (Å²) in [4.78, 5) is 15.1. The van der Waals surface area contributed by atoms with Crippen molar-refractivity contribution in [2.75, 3.05) is 0 Å². The minimum atomic E-state index is -4.76. The molecule has 2 rings (SSSR count). The van der Waals surface area contributed by atoms with Gasteiger partial charge in [-0.25, -0.2) is 4.21 Å². The highest BCUT2D eigenvalue weighted by atomic mass is 32.2. The van der Waals surface area contributed by atoms with Gasteiger partial charge in [-0.1, -0.05) is 19.0 Å². The van der Waals surface area contributed by atoms with Crippen LogP contribution in [0.25, 0.3) is 4.91 Å². The molecule has 6 nitrogen and oxygen atoms in total. The summed E-state index contributed by atoms with van der Waals surface area (Å²) in [5.41, 5.74) is 0. The summed E-state index contributed by atoms with van der Waals surface area (Å²) in [7, 11) is -1.76. The number of hydrogen-bond donors (Lipinski definition) is 1. The SMILES string of the molecule is CCC(=O)NC(CC)C1=CC=C(c2noc(C(F)(F)F)n2)S1=O. The number of rotatable bonds is 5. The van der Waals surface area contributed by atoms with Gasteiger partial charge in [-0.3, -0.25) is 4.79 Å². The van der Waals surface area contributed by atoms with Crippen molar-refractivity contribution in [2.45, 2.75) is 38.9 Å². The molecule has 1 aliphatic rings. The Morgan fingerprint density at radius 2 is 2.09 bits per heavy atom. The van der Waals surface area contributed by atoms with Gasteiger partial charge in [0.25, 0.3) is 0 Å². The zero-order chi connectivity index (χ0) is 17.2. The highest BCUT2D eigenvalue weighted by molar-refractivity contribution is 7.98. The molecule has 0 spiro atoms. The Balaban J connectivity index is 2.17. The van der Waals surface area contributed by atoms with Gasteiger partial charge >= 0.3 is 12.1 Å². The molecule has 2 atom stereocenters. The third kappa shape index (κ3) is 3.69. The summed E-state index contributed by atoms with van der Waals surface area (Å²) < 4.78 is 54.0. The summed E-state index contributed by atoms with van der Waals surface area (Å²) in [6.07, 6.45) is -1.12. The first kappa shape index (κ1) is 17.4. The predicted octanol–water partition coefficient (Wildman–Crippen LogP) is 2.38. The van der Waals surface area contributed by atoms with E-state index in [1.54, 1.807) is 13.8 Å². The average molecular weight is 349 g/mol. The normalized spacial score (nSPS) is 19.3. The van der Waals surface area contributed by atoms with Crippen LogP contribution in [0.3, 0.4) is 0 Å². The Hall–Kier alpha value is -1.97. The van der Waals surface area contributed by atoms with E-state index >= 15 is 0 Å². The van der Waals surface area contributed by atoms with E-state index in [2.05, 4.69) is 20.0 Å². The van der Waals surface area contributed by atoms with E-state index in [9.17, 15) is 22.2 Å². The highest BCUT2D eigenvalue weighted by Gasteiger charge is 2.39. The molecule has 10 heteroatoms. The molecule has 0 bridgehead atoms. The third-order valence-corrected chi connectivity index (χ3v) is 4.68. The molecule has 1 aromatic rings. The molecule has 1 aliphatic heterocycles. The van der Waals surface area contributed by atoms with Crippen LogP contribution >= 0.6 is 0 Å². The molecule has 0 saturated heterocycles. The van der Waals surface area contributed by atoms with E-state index in [4.69, 9.17) is 0 Å². The summed E-state index contributed by atoms with van der Waals surface area (Å²) in [6.45, 7) is 3.48. The van der Waals surface area contributed by atoms with Crippen molar-refractivity contribution in [2.24, 2.45) is 0 Å². The molecule has 1 aromatic heterocycles. The molecule has 1 N–H and O–H groups in total. The van der Waals surface area contributed by atoms with Crippen molar-refractivity contribution in [1.82, 2.24) is 15.5 Å². The summed E-state index contributed by atoms with van der Waals surface area (Å²) in [5, 5.41) is 5.94. The zero-order valence-corrected chi connectivity index (χ0v) is 13.1. The van der Waals surface area contributed by atoms with Crippen LogP contribution in [0.2, 0.25) is 0 Å². The van der Waals surface area contributed by atoms with Crippen molar-refractivity contribution in [3.05, 3.63) is 28.8 Å². The van der Waals surface area contributed by atoms with Gasteiger partial charge in [0.2, 0.25) is 11.7 Å². The van der Waals surface area contributed by atoms with Gasteiger partial charge in [0.15, 0.2) is 0 Å². The molecule has 1 amide bonds. The number of halogens is 3. The molecular formula is C13H14F3N3O3S. The van der Waals surface area contributed by atoms with Crippen LogP contribution in [-0.4, -0.2) is 26.3 Å². The van der Waals surface area contributed by atoms with Crippen molar-refractivity contribution in [3.63, 3.8) is 0 Å². The van der Waals surface area contributed by atoms with Gasteiger partial charge in [0.1, 0.15) is 0 Å². The summed E-state index contributed by atoms with van der Waals surface area (Å²) in [6, 6.07) is -0.467. The van der Waals surface area contributed by atoms with Crippen molar-refractivity contribution in [1.29, 1.82) is 0 Å². The highest BCUT2D eigenvalue weighted by Crippen LogP contribution is 2.33. The second-order valence-electron chi connectivity index (χ2n) is 4.67. The van der Waals surface area contributed by atoms with Gasteiger partial charge in [-0.15, -0.1) is 0 Å². The number of carbonyl (C=O) groups is 1. The molecule has 23 heavy (non-hydrogen) atoms. The number of alkyl halides is 3. The van der Waals surface area contributed by atoms with Crippen LogP contribution in [-0.2, 0) is 21.8 Å². The summed E-state index contributed by atoms with van der Waals surface area (Å²) >= 11 is 0. The summed E-state index contributed by atoms with van der Waals surface area (Å²) in [5.74, 6) is -2.08. The molecule has 0 aromatic carbocycles. The monoisotopic (exact) mass is 349 g/mol. The van der Waals surface area contributed by atoms with Crippen LogP contribution in [0.4, 0.5) is 13.2 Å². The fourth-order valence-corrected chi connectivity index (χ4v) is 3.29. The number of allylic oxidation sites excluding steroid dienone is 2. The second-order valence-corrected chi connectivity index (χ2v) is 6.12. The van der Waals surface area contributed by atoms with E-state index in [0.29, 0.717) is 11.3 Å². The lowest BCUT2D eigenvalue weighted by molar-refractivity contribution is -0.159. The first-order chi connectivity index (χ1) is 10.8. The second kappa shape index (κ2) is 6.65. The largest absolute Gasteiger partial charge is 0.471 e. The van der Waals surface area contributed by atoms with Gasteiger partial charge in [-0.2, -0.15) is 18.2 Å². The minimum Gasteiger partial charge on any atom is -0.349 e. The Bertz CT molecular complexity index is 694. The first-order valence-electron chi connectivity index (χ1n) is 6.82. The Morgan fingerprint density at radius 3 is 2.61 bits per heavy atom. The molecular weight excluding hydrogens is 335 g/mol. The van der Waals surface area contributed by atoms with Crippen LogP contribution < -0.4 is 5.32 Å². The van der Waals surface area contributed by atoms with Gasteiger partial charge in [0.05, 0.1) is 21.7 Å². The number of nitrogens with zero attached hydrogens (tertiary/aromatic N) is 2. The molecule has 2 heterocycles. The number of amides is 1. The van der Waals surface area contributed by atoms with Crippen LogP contribution in [0.15, 0.2) is 21.6 Å². The fraction of sp³-hybridized carbons (Fsp3) is 0.462. The van der Waals surface area contributed by atoms with Crippen molar-refractivity contribution in [3.8, 4) is 0 Å². The average Bonchev–Trinajstić information content (AvgIpc) is 3.10. The maximum atomic E-state index is 12.5. The topological polar surface area (TPSA) is 85.1 Å². The molecule has 0 fully saturated rings. The molecule has 126 valence electrons. The molecule has 2 unspecified atom stereocenters. The molecule has 0 radical (unpaired) electrons. The quantitative estimate of drug-likeness (QED) is 0.882. The Kier molecular flexibility index (Phi) is 5.03. The lowest BCUT2D eigenvalue weighted by Crippen LogP contribution is -2.36. The standard InChI is InChI=1S/C13H14F3N3O3S/c1-3-7(17-10(20)4-2)8-5-6-9(23(8)21)11-18-12(22-19-11)13(14,15)16/h5-7H,3-4H2,1-2H3,(H,17,20).